The Morgan fingerprint density at radius 2 is 1.89 bits per heavy atom. The lowest BCUT2D eigenvalue weighted by molar-refractivity contribution is -0.131. The first-order valence-corrected chi connectivity index (χ1v) is 10.4. The first-order valence-electron chi connectivity index (χ1n) is 9.25. The molecule has 28 heavy (non-hydrogen) atoms. The second-order valence-corrected chi connectivity index (χ2v) is 8.51. The summed E-state index contributed by atoms with van der Waals surface area (Å²) in [5, 5.41) is 0.617. The van der Waals surface area contributed by atoms with Crippen LogP contribution in [0, 0.1) is 5.82 Å². The van der Waals surface area contributed by atoms with Gasteiger partial charge in [-0.25, -0.2) is 4.39 Å². The number of hydrogen-bond donors (Lipinski definition) is 0. The van der Waals surface area contributed by atoms with Crippen LogP contribution in [0.5, 0.6) is 0 Å². The summed E-state index contributed by atoms with van der Waals surface area (Å²) < 4.78 is 13.9. The maximum atomic E-state index is 13.1. The van der Waals surface area contributed by atoms with Gasteiger partial charge in [0.15, 0.2) is 0 Å². The zero-order valence-electron chi connectivity index (χ0n) is 15.9. The number of piperazine rings is 1. The van der Waals surface area contributed by atoms with Gasteiger partial charge in [-0.2, -0.15) is 0 Å². The zero-order valence-corrected chi connectivity index (χ0v) is 18.3. The molecule has 0 saturated carbocycles. The quantitative estimate of drug-likeness (QED) is 0.566. The SMILES string of the molecule is CC1CN(C(=O)/C=C/c2ccc(Br)c(Cl)c2)C(C)CN1Cc1ccc(F)cc1. The van der Waals surface area contributed by atoms with E-state index in [1.54, 1.807) is 12.2 Å². The summed E-state index contributed by atoms with van der Waals surface area (Å²) >= 11 is 9.47. The number of halogens is 3. The maximum Gasteiger partial charge on any atom is 0.246 e. The molecule has 2 unspecified atom stereocenters. The Hall–Kier alpha value is -1.69. The summed E-state index contributed by atoms with van der Waals surface area (Å²) in [7, 11) is 0. The highest BCUT2D eigenvalue weighted by Crippen LogP contribution is 2.24. The van der Waals surface area contributed by atoms with E-state index in [0.717, 1.165) is 28.7 Å². The van der Waals surface area contributed by atoms with Gasteiger partial charge in [-0.1, -0.05) is 29.8 Å². The number of benzene rings is 2. The van der Waals surface area contributed by atoms with Crippen LogP contribution in [0.4, 0.5) is 4.39 Å². The van der Waals surface area contributed by atoms with Crippen molar-refractivity contribution in [2.24, 2.45) is 0 Å². The third kappa shape index (κ3) is 5.22. The van der Waals surface area contributed by atoms with Crippen LogP contribution in [0.3, 0.4) is 0 Å². The van der Waals surface area contributed by atoms with Crippen LogP contribution in [-0.2, 0) is 11.3 Å². The first-order chi connectivity index (χ1) is 13.3. The average Bonchev–Trinajstić information content (AvgIpc) is 2.67. The van der Waals surface area contributed by atoms with Crippen molar-refractivity contribution in [2.45, 2.75) is 32.5 Å². The highest BCUT2D eigenvalue weighted by atomic mass is 79.9. The van der Waals surface area contributed by atoms with Gasteiger partial charge in [0.1, 0.15) is 5.82 Å². The Kier molecular flexibility index (Phi) is 6.91. The molecule has 3 rings (SSSR count). The Morgan fingerprint density at radius 3 is 2.57 bits per heavy atom. The molecule has 0 aliphatic carbocycles. The number of nitrogens with zero attached hydrogens (tertiary/aromatic N) is 2. The molecular formula is C22H23BrClFN2O. The van der Waals surface area contributed by atoms with Crippen LogP contribution >= 0.6 is 27.5 Å². The predicted octanol–water partition coefficient (Wildman–Crippen LogP) is 5.38. The van der Waals surface area contributed by atoms with Crippen molar-refractivity contribution in [3.63, 3.8) is 0 Å². The molecule has 2 aromatic rings. The smallest absolute Gasteiger partial charge is 0.246 e. The molecule has 0 aromatic heterocycles. The molecule has 1 aliphatic rings. The van der Waals surface area contributed by atoms with Gasteiger partial charge in [0, 0.05) is 42.3 Å². The van der Waals surface area contributed by atoms with Gasteiger partial charge in [0.25, 0.3) is 0 Å². The van der Waals surface area contributed by atoms with E-state index >= 15 is 0 Å². The molecule has 1 amide bonds. The van der Waals surface area contributed by atoms with Crippen LogP contribution in [-0.4, -0.2) is 40.9 Å². The number of rotatable bonds is 4. The lowest BCUT2D eigenvalue weighted by atomic mass is 10.1. The van der Waals surface area contributed by atoms with E-state index in [2.05, 4.69) is 34.7 Å². The Balaban J connectivity index is 1.62. The second kappa shape index (κ2) is 9.21. The number of carbonyl (C=O) groups excluding carboxylic acids is 1. The van der Waals surface area contributed by atoms with Gasteiger partial charge < -0.3 is 4.90 Å². The molecule has 1 heterocycles. The van der Waals surface area contributed by atoms with Gasteiger partial charge in [0.2, 0.25) is 5.91 Å². The van der Waals surface area contributed by atoms with Crippen LogP contribution in [0.25, 0.3) is 6.08 Å². The molecule has 2 aromatic carbocycles. The van der Waals surface area contributed by atoms with Crippen LogP contribution in [0.1, 0.15) is 25.0 Å². The molecule has 0 bridgehead atoms. The minimum atomic E-state index is -0.223. The van der Waals surface area contributed by atoms with Crippen molar-refractivity contribution in [3.8, 4) is 0 Å². The van der Waals surface area contributed by atoms with E-state index in [9.17, 15) is 9.18 Å². The highest BCUT2D eigenvalue weighted by molar-refractivity contribution is 9.10. The van der Waals surface area contributed by atoms with Crippen molar-refractivity contribution in [3.05, 3.63) is 75.0 Å². The van der Waals surface area contributed by atoms with E-state index in [1.807, 2.05) is 35.2 Å². The van der Waals surface area contributed by atoms with Crippen molar-refractivity contribution in [1.29, 1.82) is 0 Å². The summed E-state index contributed by atoms with van der Waals surface area (Å²) in [6.45, 7) is 6.37. The number of carbonyl (C=O) groups is 1. The highest BCUT2D eigenvalue weighted by Gasteiger charge is 2.30. The molecule has 1 aliphatic heterocycles. The summed E-state index contributed by atoms with van der Waals surface area (Å²) in [6.07, 6.45) is 3.40. The monoisotopic (exact) mass is 464 g/mol. The van der Waals surface area contributed by atoms with E-state index in [-0.39, 0.29) is 23.8 Å². The Morgan fingerprint density at radius 1 is 1.18 bits per heavy atom. The summed E-state index contributed by atoms with van der Waals surface area (Å²) in [6, 6.07) is 12.5. The second-order valence-electron chi connectivity index (χ2n) is 7.25. The normalized spacial score (nSPS) is 20.7. The molecule has 2 atom stereocenters. The fourth-order valence-corrected chi connectivity index (χ4v) is 3.86. The third-order valence-electron chi connectivity index (χ3n) is 5.06. The van der Waals surface area contributed by atoms with E-state index in [1.165, 1.54) is 12.1 Å². The largest absolute Gasteiger partial charge is 0.334 e. The Labute approximate surface area is 178 Å². The van der Waals surface area contributed by atoms with Crippen molar-refractivity contribution < 1.29 is 9.18 Å². The average molecular weight is 466 g/mol. The number of amides is 1. The molecule has 1 fully saturated rings. The van der Waals surface area contributed by atoms with Gasteiger partial charge >= 0.3 is 0 Å². The van der Waals surface area contributed by atoms with Gasteiger partial charge in [-0.05, 0) is 71.2 Å². The topological polar surface area (TPSA) is 23.6 Å². The lowest BCUT2D eigenvalue weighted by Crippen LogP contribution is -2.57. The van der Waals surface area contributed by atoms with Gasteiger partial charge in [-0.3, -0.25) is 9.69 Å². The van der Waals surface area contributed by atoms with Gasteiger partial charge in [-0.15, -0.1) is 0 Å². The minimum Gasteiger partial charge on any atom is -0.334 e. The van der Waals surface area contributed by atoms with Crippen LogP contribution in [0.15, 0.2) is 53.0 Å². The van der Waals surface area contributed by atoms with E-state index in [0.29, 0.717) is 11.6 Å². The fraction of sp³-hybridized carbons (Fsp3) is 0.318. The third-order valence-corrected chi connectivity index (χ3v) is 6.29. The molecule has 148 valence electrons. The van der Waals surface area contributed by atoms with Crippen molar-refractivity contribution in [1.82, 2.24) is 9.80 Å². The molecule has 0 spiro atoms. The molecule has 0 radical (unpaired) electrons. The summed E-state index contributed by atoms with van der Waals surface area (Å²) in [5.74, 6) is -0.223. The predicted molar refractivity (Wildman–Crippen MR) is 116 cm³/mol. The maximum absolute atomic E-state index is 13.1. The minimum absolute atomic E-state index is 0.000164. The first kappa shape index (κ1) is 21.0. The molecule has 3 nitrogen and oxygen atoms in total. The Bertz CT molecular complexity index is 871. The van der Waals surface area contributed by atoms with E-state index in [4.69, 9.17) is 11.6 Å². The number of hydrogen-bond acceptors (Lipinski definition) is 2. The molecule has 0 N–H and O–H groups in total. The summed E-state index contributed by atoms with van der Waals surface area (Å²) in [4.78, 5) is 17.0. The molecule has 6 heteroatoms. The standard InChI is InChI=1S/C22H23BrClFN2O/c1-15-13-27(22(28)10-6-17-5-9-20(23)21(24)11-17)16(2)12-26(15)14-18-3-7-19(25)8-4-18/h3-11,15-16H,12-14H2,1-2H3/b10-6+. The van der Waals surface area contributed by atoms with Crippen LogP contribution < -0.4 is 0 Å². The van der Waals surface area contributed by atoms with Gasteiger partial charge in [0.05, 0.1) is 5.02 Å². The summed E-state index contributed by atoms with van der Waals surface area (Å²) in [5.41, 5.74) is 1.96. The lowest BCUT2D eigenvalue weighted by Gasteiger charge is -2.44. The zero-order chi connectivity index (χ0) is 20.3. The molecule has 1 saturated heterocycles. The van der Waals surface area contributed by atoms with Crippen molar-refractivity contribution in [2.75, 3.05) is 13.1 Å². The van der Waals surface area contributed by atoms with Crippen LogP contribution in [0.2, 0.25) is 5.02 Å². The fourth-order valence-electron chi connectivity index (χ4n) is 3.43. The molecular weight excluding hydrogens is 443 g/mol. The van der Waals surface area contributed by atoms with E-state index < -0.39 is 0 Å². The van der Waals surface area contributed by atoms with Crippen molar-refractivity contribution >= 4 is 39.5 Å².